The van der Waals surface area contributed by atoms with E-state index in [0.717, 1.165) is 23.0 Å². The third-order valence-electron chi connectivity index (χ3n) is 2.61. The Bertz CT molecular complexity index is 530. The number of hydrogen-bond acceptors (Lipinski definition) is 4. The van der Waals surface area contributed by atoms with Crippen molar-refractivity contribution in [2.45, 2.75) is 33.2 Å². The molecular formula is C13H19N5. The van der Waals surface area contributed by atoms with Crippen molar-refractivity contribution in [1.29, 1.82) is 0 Å². The second-order valence-corrected chi connectivity index (χ2v) is 4.74. The predicted octanol–water partition coefficient (Wildman–Crippen LogP) is 2.25. The molecule has 2 heterocycles. The molecular weight excluding hydrogens is 226 g/mol. The van der Waals surface area contributed by atoms with Gasteiger partial charge in [-0.15, -0.1) is 0 Å². The van der Waals surface area contributed by atoms with Gasteiger partial charge in [-0.05, 0) is 13.0 Å². The van der Waals surface area contributed by atoms with Crippen LogP contribution in [0.1, 0.15) is 37.0 Å². The van der Waals surface area contributed by atoms with E-state index in [2.05, 4.69) is 34.2 Å². The average molecular weight is 245 g/mol. The highest BCUT2D eigenvalue weighted by molar-refractivity contribution is 5.36. The molecule has 0 saturated heterocycles. The molecule has 96 valence electrons. The third kappa shape index (κ3) is 3.06. The summed E-state index contributed by atoms with van der Waals surface area (Å²) in [5.74, 6) is 2.07. The molecule has 0 atom stereocenters. The first-order valence-electron chi connectivity index (χ1n) is 6.12. The summed E-state index contributed by atoms with van der Waals surface area (Å²) in [6.07, 6.45) is 1.93. The molecule has 0 aliphatic rings. The van der Waals surface area contributed by atoms with Crippen molar-refractivity contribution in [2.75, 3.05) is 5.32 Å². The SMILES string of the molecule is Cc1cc(NCc2ccn(C)n2)nc(C(C)C)n1. The van der Waals surface area contributed by atoms with Crippen LogP contribution in [0.3, 0.4) is 0 Å². The molecule has 0 amide bonds. The Balaban J connectivity index is 2.09. The topological polar surface area (TPSA) is 55.6 Å². The van der Waals surface area contributed by atoms with E-state index in [1.165, 1.54) is 0 Å². The van der Waals surface area contributed by atoms with Gasteiger partial charge in [0.05, 0.1) is 12.2 Å². The van der Waals surface area contributed by atoms with Crippen molar-refractivity contribution in [3.8, 4) is 0 Å². The first-order valence-corrected chi connectivity index (χ1v) is 6.12. The Morgan fingerprint density at radius 3 is 2.72 bits per heavy atom. The molecule has 0 aliphatic carbocycles. The quantitative estimate of drug-likeness (QED) is 0.897. The molecule has 0 aliphatic heterocycles. The van der Waals surface area contributed by atoms with Crippen LogP contribution < -0.4 is 5.32 Å². The maximum absolute atomic E-state index is 4.50. The maximum atomic E-state index is 4.50. The van der Waals surface area contributed by atoms with Crippen molar-refractivity contribution < 1.29 is 0 Å². The zero-order valence-corrected chi connectivity index (χ0v) is 11.3. The molecule has 0 aromatic carbocycles. The summed E-state index contributed by atoms with van der Waals surface area (Å²) in [4.78, 5) is 8.92. The smallest absolute Gasteiger partial charge is 0.133 e. The van der Waals surface area contributed by atoms with Crippen LogP contribution in [-0.4, -0.2) is 19.7 Å². The maximum Gasteiger partial charge on any atom is 0.133 e. The van der Waals surface area contributed by atoms with Crippen LogP contribution in [0.5, 0.6) is 0 Å². The highest BCUT2D eigenvalue weighted by Gasteiger charge is 2.06. The molecule has 0 bridgehead atoms. The van der Waals surface area contributed by atoms with E-state index in [-0.39, 0.29) is 0 Å². The largest absolute Gasteiger partial charge is 0.364 e. The number of hydrogen-bond donors (Lipinski definition) is 1. The summed E-state index contributed by atoms with van der Waals surface area (Å²) < 4.78 is 1.79. The number of aromatic nitrogens is 4. The summed E-state index contributed by atoms with van der Waals surface area (Å²) >= 11 is 0. The zero-order chi connectivity index (χ0) is 13.1. The number of aryl methyl sites for hydroxylation is 2. The summed E-state index contributed by atoms with van der Waals surface area (Å²) in [6.45, 7) is 6.85. The van der Waals surface area contributed by atoms with E-state index in [1.54, 1.807) is 4.68 Å². The minimum Gasteiger partial charge on any atom is -0.364 e. The van der Waals surface area contributed by atoms with Crippen LogP contribution >= 0.6 is 0 Å². The van der Waals surface area contributed by atoms with Crippen molar-refractivity contribution in [2.24, 2.45) is 7.05 Å². The Morgan fingerprint density at radius 2 is 2.11 bits per heavy atom. The van der Waals surface area contributed by atoms with E-state index in [4.69, 9.17) is 0 Å². The van der Waals surface area contributed by atoms with Gasteiger partial charge in [-0.1, -0.05) is 13.8 Å². The lowest BCUT2D eigenvalue weighted by molar-refractivity contribution is 0.744. The normalized spacial score (nSPS) is 10.9. The van der Waals surface area contributed by atoms with Gasteiger partial charge in [-0.2, -0.15) is 5.10 Å². The van der Waals surface area contributed by atoms with E-state index >= 15 is 0 Å². The van der Waals surface area contributed by atoms with Gasteiger partial charge >= 0.3 is 0 Å². The first-order chi connectivity index (χ1) is 8.54. The van der Waals surface area contributed by atoms with Gasteiger partial charge in [0.25, 0.3) is 0 Å². The molecule has 5 heteroatoms. The number of rotatable bonds is 4. The molecule has 0 unspecified atom stereocenters. The van der Waals surface area contributed by atoms with Crippen molar-refractivity contribution in [3.05, 3.63) is 35.5 Å². The number of anilines is 1. The van der Waals surface area contributed by atoms with Crippen LogP contribution in [-0.2, 0) is 13.6 Å². The van der Waals surface area contributed by atoms with Gasteiger partial charge in [0, 0.05) is 30.9 Å². The Hall–Kier alpha value is -1.91. The molecule has 0 spiro atoms. The van der Waals surface area contributed by atoms with Gasteiger partial charge in [0.2, 0.25) is 0 Å². The highest BCUT2D eigenvalue weighted by Crippen LogP contribution is 2.14. The molecule has 0 saturated carbocycles. The summed E-state index contributed by atoms with van der Waals surface area (Å²) in [5.41, 5.74) is 1.98. The highest BCUT2D eigenvalue weighted by atomic mass is 15.3. The Kier molecular flexibility index (Phi) is 3.60. The predicted molar refractivity (Wildman–Crippen MR) is 71.4 cm³/mol. The monoisotopic (exact) mass is 245 g/mol. The van der Waals surface area contributed by atoms with Crippen LogP contribution in [0.25, 0.3) is 0 Å². The molecule has 18 heavy (non-hydrogen) atoms. The minimum absolute atomic E-state index is 0.334. The summed E-state index contributed by atoms with van der Waals surface area (Å²) in [6, 6.07) is 3.94. The average Bonchev–Trinajstić information content (AvgIpc) is 2.72. The second kappa shape index (κ2) is 5.16. The second-order valence-electron chi connectivity index (χ2n) is 4.74. The van der Waals surface area contributed by atoms with Crippen LogP contribution in [0.4, 0.5) is 5.82 Å². The molecule has 2 rings (SSSR count). The molecule has 0 radical (unpaired) electrons. The van der Waals surface area contributed by atoms with Gasteiger partial charge < -0.3 is 5.32 Å². The van der Waals surface area contributed by atoms with E-state index in [0.29, 0.717) is 12.5 Å². The van der Waals surface area contributed by atoms with Crippen LogP contribution in [0.15, 0.2) is 18.3 Å². The Labute approximate surface area is 107 Å². The van der Waals surface area contributed by atoms with Gasteiger partial charge in [-0.25, -0.2) is 9.97 Å². The fourth-order valence-corrected chi connectivity index (χ4v) is 1.68. The minimum atomic E-state index is 0.334. The lowest BCUT2D eigenvalue weighted by Crippen LogP contribution is -2.07. The van der Waals surface area contributed by atoms with Gasteiger partial charge in [0.15, 0.2) is 0 Å². The van der Waals surface area contributed by atoms with Crippen LogP contribution in [0, 0.1) is 6.92 Å². The lowest BCUT2D eigenvalue weighted by atomic mass is 10.2. The lowest BCUT2D eigenvalue weighted by Gasteiger charge is -2.09. The molecule has 1 N–H and O–H groups in total. The zero-order valence-electron chi connectivity index (χ0n) is 11.3. The third-order valence-corrected chi connectivity index (χ3v) is 2.61. The number of nitrogens with one attached hydrogen (secondary N) is 1. The van der Waals surface area contributed by atoms with Gasteiger partial charge in [-0.3, -0.25) is 4.68 Å². The van der Waals surface area contributed by atoms with Crippen molar-refractivity contribution >= 4 is 5.82 Å². The van der Waals surface area contributed by atoms with E-state index in [9.17, 15) is 0 Å². The first kappa shape index (κ1) is 12.5. The van der Waals surface area contributed by atoms with Crippen molar-refractivity contribution in [1.82, 2.24) is 19.7 Å². The molecule has 0 fully saturated rings. The van der Waals surface area contributed by atoms with E-state index in [1.807, 2.05) is 32.3 Å². The summed E-state index contributed by atoms with van der Waals surface area (Å²) in [7, 11) is 1.91. The molecule has 2 aromatic heterocycles. The van der Waals surface area contributed by atoms with Gasteiger partial charge in [0.1, 0.15) is 11.6 Å². The van der Waals surface area contributed by atoms with Crippen LogP contribution in [0.2, 0.25) is 0 Å². The van der Waals surface area contributed by atoms with Crippen molar-refractivity contribution in [3.63, 3.8) is 0 Å². The summed E-state index contributed by atoms with van der Waals surface area (Å²) in [5, 5.41) is 7.60. The Morgan fingerprint density at radius 1 is 1.33 bits per heavy atom. The molecule has 2 aromatic rings. The fourth-order valence-electron chi connectivity index (χ4n) is 1.68. The number of nitrogens with zero attached hydrogens (tertiary/aromatic N) is 4. The fraction of sp³-hybridized carbons (Fsp3) is 0.462. The standard InChI is InChI=1S/C13H19N5/c1-9(2)13-15-10(3)7-12(16-13)14-8-11-5-6-18(4)17-11/h5-7,9H,8H2,1-4H3,(H,14,15,16). The molecule has 5 nitrogen and oxygen atoms in total. The van der Waals surface area contributed by atoms with E-state index < -0.39 is 0 Å².